The van der Waals surface area contributed by atoms with E-state index in [0.29, 0.717) is 43.1 Å². The Morgan fingerprint density at radius 3 is 2.79 bits per heavy atom. The van der Waals surface area contributed by atoms with Crippen molar-refractivity contribution in [2.45, 2.75) is 39.2 Å². The highest BCUT2D eigenvalue weighted by Gasteiger charge is 2.28. The minimum absolute atomic E-state index is 0.0360. The molecule has 0 saturated heterocycles. The summed E-state index contributed by atoms with van der Waals surface area (Å²) in [5.74, 6) is -1.86. The number of rotatable bonds is 10. The number of primary amides is 1. The molecule has 9 heteroatoms. The first-order valence-corrected chi connectivity index (χ1v) is 11.9. The number of aromatic nitrogens is 2. The zero-order chi connectivity index (χ0) is 24.4. The molecule has 3 N–H and O–H groups in total. The molecule has 1 saturated carbocycles. The molecule has 178 valence electrons. The molecule has 0 unspecified atom stereocenters. The summed E-state index contributed by atoms with van der Waals surface area (Å²) in [6, 6.07) is 7.00. The summed E-state index contributed by atoms with van der Waals surface area (Å²) in [4.78, 5) is 29.3. The van der Waals surface area contributed by atoms with E-state index in [9.17, 15) is 9.59 Å². The zero-order valence-corrected chi connectivity index (χ0v) is 20.5. The maximum absolute atomic E-state index is 15.9. The lowest BCUT2D eigenvalue weighted by Crippen LogP contribution is -2.18. The van der Waals surface area contributed by atoms with Gasteiger partial charge in [-0.2, -0.15) is 0 Å². The molecule has 7 nitrogen and oxygen atoms in total. The van der Waals surface area contributed by atoms with Crippen LogP contribution in [0.2, 0.25) is 0 Å². The number of allylic oxidation sites excluding steroid dienone is 1. The van der Waals surface area contributed by atoms with Crippen LogP contribution in [0, 0.1) is 18.7 Å². The number of amides is 1. The molecular formula is C25H26BrFN4O3. The molecule has 4 rings (SSSR count). The van der Waals surface area contributed by atoms with Crippen LogP contribution < -0.4 is 11.1 Å². The first-order chi connectivity index (χ1) is 16.3. The summed E-state index contributed by atoms with van der Waals surface area (Å²) < 4.78 is 23.8. The minimum atomic E-state index is -0.773. The molecular weight excluding hydrogens is 503 g/mol. The van der Waals surface area contributed by atoms with Gasteiger partial charge in [-0.15, -0.1) is 6.58 Å². The zero-order valence-electron chi connectivity index (χ0n) is 18.9. The van der Waals surface area contributed by atoms with Gasteiger partial charge < -0.3 is 20.4 Å². The molecule has 1 amide bonds. The van der Waals surface area contributed by atoms with Crippen molar-refractivity contribution in [3.8, 4) is 0 Å². The number of imidazole rings is 1. The van der Waals surface area contributed by atoms with Gasteiger partial charge in [-0.25, -0.2) is 14.2 Å². The van der Waals surface area contributed by atoms with Gasteiger partial charge in [0, 0.05) is 16.7 Å². The van der Waals surface area contributed by atoms with Crippen LogP contribution in [0.1, 0.15) is 52.2 Å². The summed E-state index contributed by atoms with van der Waals surface area (Å²) in [5.41, 5.74) is 7.27. The van der Waals surface area contributed by atoms with Crippen LogP contribution in [-0.2, 0) is 11.3 Å². The maximum Gasteiger partial charge on any atom is 0.340 e. The molecule has 34 heavy (non-hydrogen) atoms. The first-order valence-electron chi connectivity index (χ1n) is 11.1. The molecule has 2 aromatic carbocycles. The monoisotopic (exact) mass is 528 g/mol. The van der Waals surface area contributed by atoms with Crippen molar-refractivity contribution < 1.29 is 18.7 Å². The summed E-state index contributed by atoms with van der Waals surface area (Å²) >= 11 is 3.42. The molecule has 1 fully saturated rings. The number of unbranched alkanes of at least 4 members (excludes halogenated alkanes) is 1. The number of esters is 1. The van der Waals surface area contributed by atoms with Crippen molar-refractivity contribution in [1.29, 1.82) is 0 Å². The summed E-state index contributed by atoms with van der Waals surface area (Å²) in [6.45, 7) is 6.24. The third-order valence-electron chi connectivity index (χ3n) is 5.81. The fourth-order valence-electron chi connectivity index (χ4n) is 3.77. The number of nitrogens with one attached hydrogen (secondary N) is 1. The first kappa shape index (κ1) is 23.9. The van der Waals surface area contributed by atoms with E-state index in [1.807, 2.05) is 19.1 Å². The average Bonchev–Trinajstić information content (AvgIpc) is 3.55. The van der Waals surface area contributed by atoms with Gasteiger partial charge in [0.1, 0.15) is 5.52 Å². The van der Waals surface area contributed by atoms with Gasteiger partial charge in [0.15, 0.2) is 11.6 Å². The van der Waals surface area contributed by atoms with Gasteiger partial charge >= 0.3 is 5.97 Å². The third-order valence-corrected chi connectivity index (χ3v) is 6.30. The number of nitrogens with two attached hydrogens (primary N) is 1. The van der Waals surface area contributed by atoms with Crippen molar-refractivity contribution in [3.63, 3.8) is 0 Å². The predicted octanol–water partition coefficient (Wildman–Crippen LogP) is 5.62. The molecule has 1 aromatic heterocycles. The van der Waals surface area contributed by atoms with Crippen LogP contribution in [0.15, 0.2) is 41.4 Å². The lowest BCUT2D eigenvalue weighted by atomic mass is 10.1. The molecule has 0 atom stereocenters. The summed E-state index contributed by atoms with van der Waals surface area (Å²) in [7, 11) is 0. The van der Waals surface area contributed by atoms with Crippen LogP contribution in [0.3, 0.4) is 0 Å². The van der Waals surface area contributed by atoms with Crippen molar-refractivity contribution in [2.24, 2.45) is 11.7 Å². The Bertz CT molecular complexity index is 1280. The van der Waals surface area contributed by atoms with E-state index in [0.717, 1.165) is 22.9 Å². The van der Waals surface area contributed by atoms with Gasteiger partial charge in [0.05, 0.1) is 23.4 Å². The number of hydrogen-bond donors (Lipinski definition) is 2. The van der Waals surface area contributed by atoms with Crippen LogP contribution >= 0.6 is 15.9 Å². The standard InChI is InChI=1S/C25H26BrFN4O3/c1-3-4-5-10-31-19-12-17(25(33)34-13-15-6-7-15)21(20(27)22(19)30-24(31)23(28)32)29-18-9-8-16(26)11-14(18)2/h3,8-9,11-12,15,29H,1,4-7,10,13H2,2H3,(H2,28,32). The largest absolute Gasteiger partial charge is 0.462 e. The van der Waals surface area contributed by atoms with E-state index < -0.39 is 17.7 Å². The van der Waals surface area contributed by atoms with Gasteiger partial charge in [0.2, 0.25) is 0 Å². The Hall–Kier alpha value is -3.20. The number of carbonyl (C=O) groups is 2. The molecule has 1 aliphatic rings. The Labute approximate surface area is 205 Å². The highest BCUT2D eigenvalue weighted by atomic mass is 79.9. The third kappa shape index (κ3) is 4.99. The van der Waals surface area contributed by atoms with Crippen LogP contribution in [0.25, 0.3) is 11.0 Å². The van der Waals surface area contributed by atoms with Gasteiger partial charge in [-0.05, 0) is 68.4 Å². The van der Waals surface area contributed by atoms with Crippen molar-refractivity contribution in [3.05, 3.63) is 64.2 Å². The number of fused-ring (bicyclic) bond motifs is 1. The van der Waals surface area contributed by atoms with E-state index in [-0.39, 0.29) is 22.6 Å². The highest BCUT2D eigenvalue weighted by molar-refractivity contribution is 9.10. The minimum Gasteiger partial charge on any atom is -0.462 e. The number of aryl methyl sites for hydroxylation is 2. The molecule has 0 spiro atoms. The molecule has 0 bridgehead atoms. The number of hydrogen-bond acceptors (Lipinski definition) is 5. The Balaban J connectivity index is 1.85. The maximum atomic E-state index is 15.9. The van der Waals surface area contributed by atoms with Crippen LogP contribution in [-0.4, -0.2) is 28.0 Å². The van der Waals surface area contributed by atoms with Crippen LogP contribution in [0.4, 0.5) is 15.8 Å². The lowest BCUT2D eigenvalue weighted by Gasteiger charge is -2.16. The van der Waals surface area contributed by atoms with Gasteiger partial charge in [-0.1, -0.05) is 22.0 Å². The normalized spacial score (nSPS) is 13.1. The molecule has 3 aromatic rings. The quantitative estimate of drug-likeness (QED) is 0.202. The predicted molar refractivity (Wildman–Crippen MR) is 133 cm³/mol. The second-order valence-electron chi connectivity index (χ2n) is 8.49. The number of benzene rings is 2. The molecule has 0 radical (unpaired) electrons. The average molecular weight is 529 g/mol. The van der Waals surface area contributed by atoms with E-state index in [1.165, 1.54) is 6.07 Å². The van der Waals surface area contributed by atoms with Gasteiger partial charge in [0.25, 0.3) is 5.91 Å². The number of ether oxygens (including phenoxy) is 1. The number of halogens is 2. The van der Waals surface area contributed by atoms with E-state index in [2.05, 4.69) is 32.8 Å². The summed E-state index contributed by atoms with van der Waals surface area (Å²) in [5, 5.41) is 3.05. The Morgan fingerprint density at radius 1 is 1.38 bits per heavy atom. The Morgan fingerprint density at radius 2 is 2.15 bits per heavy atom. The number of anilines is 2. The smallest absolute Gasteiger partial charge is 0.340 e. The molecule has 1 heterocycles. The van der Waals surface area contributed by atoms with Crippen molar-refractivity contribution in [2.75, 3.05) is 11.9 Å². The highest BCUT2D eigenvalue weighted by Crippen LogP contribution is 2.35. The summed E-state index contributed by atoms with van der Waals surface area (Å²) in [6.07, 6.45) is 5.13. The van der Waals surface area contributed by atoms with E-state index in [4.69, 9.17) is 10.5 Å². The second-order valence-corrected chi connectivity index (χ2v) is 9.40. The molecule has 1 aliphatic carbocycles. The fraction of sp³-hybridized carbons (Fsp3) is 0.320. The van der Waals surface area contributed by atoms with Crippen molar-refractivity contribution in [1.82, 2.24) is 9.55 Å². The van der Waals surface area contributed by atoms with Crippen LogP contribution in [0.5, 0.6) is 0 Å². The molecule has 0 aliphatic heterocycles. The SMILES string of the molecule is C=CCCCn1c(C(N)=O)nc2c(F)c(Nc3ccc(Br)cc3C)c(C(=O)OCC3CC3)cc21. The number of nitrogens with zero attached hydrogens (tertiary/aromatic N) is 2. The van der Waals surface area contributed by atoms with Crippen molar-refractivity contribution >= 4 is 50.2 Å². The van der Waals surface area contributed by atoms with E-state index >= 15 is 4.39 Å². The van der Waals surface area contributed by atoms with E-state index in [1.54, 1.807) is 16.7 Å². The second kappa shape index (κ2) is 9.97. The lowest BCUT2D eigenvalue weighted by molar-refractivity contribution is 0.0487. The number of carbonyl (C=O) groups excluding carboxylic acids is 2. The Kier molecular flexibility index (Phi) is 7.02. The topological polar surface area (TPSA) is 99.2 Å². The van der Waals surface area contributed by atoms with Gasteiger partial charge in [-0.3, -0.25) is 4.79 Å². The fourth-order valence-corrected chi connectivity index (χ4v) is 4.24.